The molecule has 0 atom stereocenters. The highest BCUT2D eigenvalue weighted by molar-refractivity contribution is 7.98. The van der Waals surface area contributed by atoms with Crippen LogP contribution in [-0.2, 0) is 6.42 Å². The molecular weight excluding hydrogens is 274 g/mol. The van der Waals surface area contributed by atoms with Gasteiger partial charge >= 0.3 is 0 Å². The van der Waals surface area contributed by atoms with E-state index in [1.165, 1.54) is 18.6 Å². The average Bonchev–Trinajstić information content (AvgIpc) is 2.86. The van der Waals surface area contributed by atoms with Crippen LogP contribution in [0.25, 0.3) is 0 Å². The van der Waals surface area contributed by atoms with E-state index in [0.717, 1.165) is 31.9 Å². The van der Waals surface area contributed by atoms with Crippen LogP contribution < -0.4 is 10.6 Å². The van der Waals surface area contributed by atoms with Gasteiger partial charge in [0.05, 0.1) is 0 Å². The lowest BCUT2D eigenvalue weighted by Crippen LogP contribution is -2.38. The summed E-state index contributed by atoms with van der Waals surface area (Å²) in [5, 5.41) is 10.4. The van der Waals surface area contributed by atoms with Gasteiger partial charge in [0.25, 0.3) is 0 Å². The van der Waals surface area contributed by atoms with Gasteiger partial charge in [-0.1, -0.05) is 5.16 Å². The smallest absolute Gasteiger partial charge is 0.226 e. The summed E-state index contributed by atoms with van der Waals surface area (Å²) in [4.78, 5) is 8.36. The largest absolute Gasteiger partial charge is 0.356 e. The number of nitrogens with zero attached hydrogens (tertiary/aromatic N) is 3. The van der Waals surface area contributed by atoms with Crippen molar-refractivity contribution in [1.29, 1.82) is 0 Å². The number of hydrogen-bond acceptors (Lipinski definition) is 5. The van der Waals surface area contributed by atoms with E-state index >= 15 is 0 Å². The van der Waals surface area contributed by atoms with E-state index in [0.29, 0.717) is 11.7 Å². The molecule has 0 aromatic carbocycles. The van der Waals surface area contributed by atoms with E-state index in [1.807, 2.05) is 18.7 Å². The minimum atomic E-state index is 0.690. The summed E-state index contributed by atoms with van der Waals surface area (Å²) in [7, 11) is 1.79. The fourth-order valence-corrected chi connectivity index (χ4v) is 2.18. The van der Waals surface area contributed by atoms with Crippen molar-refractivity contribution in [3.63, 3.8) is 0 Å². The first-order valence-electron chi connectivity index (χ1n) is 6.99. The zero-order chi connectivity index (χ0) is 14.6. The first kappa shape index (κ1) is 16.8. The van der Waals surface area contributed by atoms with E-state index in [1.54, 1.807) is 7.05 Å². The van der Waals surface area contributed by atoms with Crippen LogP contribution >= 0.6 is 11.8 Å². The van der Waals surface area contributed by atoms with Crippen molar-refractivity contribution in [2.45, 2.75) is 32.6 Å². The average molecular weight is 299 g/mol. The van der Waals surface area contributed by atoms with E-state index in [9.17, 15) is 0 Å². The molecular formula is C13H25N5OS. The van der Waals surface area contributed by atoms with Crippen LogP contribution in [0.4, 0.5) is 0 Å². The molecule has 1 aromatic heterocycles. The molecule has 1 aromatic rings. The van der Waals surface area contributed by atoms with E-state index in [-0.39, 0.29) is 0 Å². The highest BCUT2D eigenvalue weighted by Gasteiger charge is 2.02. The Morgan fingerprint density at radius 3 is 2.60 bits per heavy atom. The summed E-state index contributed by atoms with van der Waals surface area (Å²) in [5.74, 6) is 3.47. The van der Waals surface area contributed by atoms with Crippen LogP contribution in [0.3, 0.4) is 0 Å². The molecule has 0 bridgehead atoms. The summed E-state index contributed by atoms with van der Waals surface area (Å²) in [6.07, 6.45) is 6.27. The van der Waals surface area contributed by atoms with Crippen molar-refractivity contribution in [1.82, 2.24) is 20.8 Å². The maximum atomic E-state index is 5.06. The number of unbranched alkanes of at least 4 members (excludes halogenated alkanes) is 1. The van der Waals surface area contributed by atoms with Crippen molar-refractivity contribution in [2.75, 3.05) is 32.1 Å². The molecule has 0 aliphatic heterocycles. The molecule has 0 amide bonds. The Kier molecular flexibility index (Phi) is 8.86. The van der Waals surface area contributed by atoms with Gasteiger partial charge in [-0.2, -0.15) is 16.7 Å². The van der Waals surface area contributed by atoms with Gasteiger partial charge < -0.3 is 15.2 Å². The molecule has 1 heterocycles. The van der Waals surface area contributed by atoms with Gasteiger partial charge in [0.1, 0.15) is 0 Å². The van der Waals surface area contributed by atoms with Crippen LogP contribution in [0, 0.1) is 6.92 Å². The number of guanidine groups is 1. The van der Waals surface area contributed by atoms with Crippen molar-refractivity contribution in [2.24, 2.45) is 4.99 Å². The molecule has 0 fully saturated rings. The first-order chi connectivity index (χ1) is 9.76. The van der Waals surface area contributed by atoms with Crippen LogP contribution in [0.5, 0.6) is 0 Å². The molecule has 1 rings (SSSR count). The van der Waals surface area contributed by atoms with E-state index in [4.69, 9.17) is 4.52 Å². The van der Waals surface area contributed by atoms with Gasteiger partial charge in [0.2, 0.25) is 5.89 Å². The first-order valence-corrected chi connectivity index (χ1v) is 8.38. The fraction of sp³-hybridized carbons (Fsp3) is 0.769. The topological polar surface area (TPSA) is 75.3 Å². The monoisotopic (exact) mass is 299 g/mol. The Morgan fingerprint density at radius 1 is 1.25 bits per heavy atom. The van der Waals surface area contributed by atoms with Gasteiger partial charge in [-0.25, -0.2) is 0 Å². The van der Waals surface area contributed by atoms with Gasteiger partial charge in [0.15, 0.2) is 11.8 Å². The molecule has 0 saturated heterocycles. The standard InChI is InChI=1S/C13H25N5OS/c1-11-17-12(19-18-11)7-6-9-16-13(14-2)15-8-4-5-10-20-3/h4-10H2,1-3H3,(H2,14,15,16). The van der Waals surface area contributed by atoms with Gasteiger partial charge in [-0.05, 0) is 38.2 Å². The fourth-order valence-electron chi connectivity index (χ4n) is 1.69. The number of aliphatic imine (C=N–C) groups is 1. The molecule has 2 N–H and O–H groups in total. The lowest BCUT2D eigenvalue weighted by atomic mass is 10.3. The summed E-state index contributed by atoms with van der Waals surface area (Å²) < 4.78 is 5.06. The Labute approximate surface area is 125 Å². The van der Waals surface area contributed by atoms with E-state index in [2.05, 4.69) is 32.0 Å². The summed E-state index contributed by atoms with van der Waals surface area (Å²) in [5.41, 5.74) is 0. The van der Waals surface area contributed by atoms with E-state index < -0.39 is 0 Å². The quantitative estimate of drug-likeness (QED) is 0.410. The SMILES string of the molecule is CN=C(NCCCCSC)NCCCc1nc(C)no1. The molecule has 6 nitrogen and oxygen atoms in total. The third kappa shape index (κ3) is 7.37. The number of thioether (sulfide) groups is 1. The molecule has 0 saturated carbocycles. The summed E-state index contributed by atoms with van der Waals surface area (Å²) in [6.45, 7) is 3.63. The highest BCUT2D eigenvalue weighted by Crippen LogP contribution is 1.99. The second-order valence-electron chi connectivity index (χ2n) is 4.46. The molecule has 0 unspecified atom stereocenters. The third-order valence-corrected chi connectivity index (χ3v) is 3.42. The molecule has 7 heteroatoms. The predicted octanol–water partition coefficient (Wildman–Crippen LogP) is 1.62. The Hall–Kier alpha value is -1.24. The van der Waals surface area contributed by atoms with Gasteiger partial charge in [-0.15, -0.1) is 0 Å². The summed E-state index contributed by atoms with van der Waals surface area (Å²) >= 11 is 1.89. The Morgan fingerprint density at radius 2 is 2.00 bits per heavy atom. The maximum absolute atomic E-state index is 5.06. The minimum Gasteiger partial charge on any atom is -0.356 e. The van der Waals surface area contributed by atoms with Gasteiger partial charge in [-0.3, -0.25) is 4.99 Å². The van der Waals surface area contributed by atoms with Crippen LogP contribution in [-0.4, -0.2) is 48.2 Å². The molecule has 20 heavy (non-hydrogen) atoms. The zero-order valence-corrected chi connectivity index (χ0v) is 13.4. The third-order valence-electron chi connectivity index (χ3n) is 2.72. The van der Waals surface area contributed by atoms with Crippen LogP contribution in [0.15, 0.2) is 9.52 Å². The predicted molar refractivity (Wildman–Crippen MR) is 84.3 cm³/mol. The number of aromatic nitrogens is 2. The summed E-state index contributed by atoms with van der Waals surface area (Å²) in [6, 6.07) is 0. The highest BCUT2D eigenvalue weighted by atomic mass is 32.2. The Bertz CT molecular complexity index is 394. The number of nitrogens with one attached hydrogen (secondary N) is 2. The molecule has 0 aliphatic rings. The van der Waals surface area contributed by atoms with Crippen molar-refractivity contribution in [3.8, 4) is 0 Å². The zero-order valence-electron chi connectivity index (χ0n) is 12.6. The molecule has 0 spiro atoms. The maximum Gasteiger partial charge on any atom is 0.226 e. The second kappa shape index (κ2) is 10.5. The number of aryl methyl sites for hydroxylation is 2. The van der Waals surface area contributed by atoms with Crippen molar-refractivity contribution < 1.29 is 4.52 Å². The minimum absolute atomic E-state index is 0.690. The molecule has 0 aliphatic carbocycles. The lowest BCUT2D eigenvalue weighted by Gasteiger charge is -2.11. The van der Waals surface area contributed by atoms with Crippen LogP contribution in [0.1, 0.15) is 31.0 Å². The lowest BCUT2D eigenvalue weighted by molar-refractivity contribution is 0.372. The second-order valence-corrected chi connectivity index (χ2v) is 5.45. The van der Waals surface area contributed by atoms with Crippen LogP contribution in [0.2, 0.25) is 0 Å². The molecule has 114 valence electrons. The van der Waals surface area contributed by atoms with Crippen molar-refractivity contribution in [3.05, 3.63) is 11.7 Å². The van der Waals surface area contributed by atoms with Gasteiger partial charge in [0, 0.05) is 26.6 Å². The normalized spacial score (nSPS) is 11.7. The number of hydrogen-bond donors (Lipinski definition) is 2. The molecule has 0 radical (unpaired) electrons. The Balaban J connectivity index is 2.06. The number of rotatable bonds is 9. The van der Waals surface area contributed by atoms with Crippen molar-refractivity contribution >= 4 is 17.7 Å².